The summed E-state index contributed by atoms with van der Waals surface area (Å²) in [6, 6.07) is 5.58. The van der Waals surface area contributed by atoms with Crippen LogP contribution in [0.2, 0.25) is 0 Å². The predicted molar refractivity (Wildman–Crippen MR) is 115 cm³/mol. The van der Waals surface area contributed by atoms with Crippen LogP contribution in [0.25, 0.3) is 11.2 Å². The van der Waals surface area contributed by atoms with Gasteiger partial charge < -0.3 is 18.9 Å². The minimum absolute atomic E-state index is 0.146. The van der Waals surface area contributed by atoms with Crippen LogP contribution in [-0.2, 0) is 20.1 Å². The van der Waals surface area contributed by atoms with E-state index in [2.05, 4.69) is 13.5 Å². The molecule has 0 saturated carbocycles. The Morgan fingerprint density at radius 2 is 2.00 bits per heavy atom. The molecule has 1 aromatic carbocycles. The van der Waals surface area contributed by atoms with Crippen molar-refractivity contribution < 1.29 is 9.47 Å². The largest absolute Gasteiger partial charge is 0.497 e. The highest BCUT2D eigenvalue weighted by Crippen LogP contribution is 2.39. The minimum Gasteiger partial charge on any atom is -0.497 e. The molecule has 30 heavy (non-hydrogen) atoms. The number of hydrogen-bond acceptors (Lipinski definition) is 6. The van der Waals surface area contributed by atoms with Gasteiger partial charge in [0, 0.05) is 32.7 Å². The summed E-state index contributed by atoms with van der Waals surface area (Å²) in [5.41, 5.74) is 0.828. The number of anilines is 2. The van der Waals surface area contributed by atoms with Crippen LogP contribution in [0, 0.1) is 5.92 Å². The number of fused-ring (bicyclic) bond motifs is 3. The summed E-state index contributed by atoms with van der Waals surface area (Å²) < 4.78 is 15.4. The van der Waals surface area contributed by atoms with Crippen molar-refractivity contribution in [1.82, 2.24) is 18.7 Å². The molecule has 0 aliphatic carbocycles. The van der Waals surface area contributed by atoms with Gasteiger partial charge in [0.1, 0.15) is 11.5 Å². The zero-order valence-corrected chi connectivity index (χ0v) is 17.6. The Hall–Kier alpha value is -3.49. The van der Waals surface area contributed by atoms with Gasteiger partial charge in [0.15, 0.2) is 11.2 Å². The van der Waals surface area contributed by atoms with Crippen molar-refractivity contribution in [2.24, 2.45) is 13.0 Å². The average molecular weight is 411 g/mol. The third-order valence-corrected chi connectivity index (χ3v) is 5.43. The lowest BCUT2D eigenvalue weighted by atomic mass is 10.1. The molecule has 158 valence electrons. The SMILES string of the molecule is C=CCn1c(=O)c2c(nc3n2C[C@H](C)CN3c2ccc(OC)cc2OC)n(C)c1=O. The number of nitrogens with zero attached hydrogens (tertiary/aromatic N) is 5. The number of hydrogen-bond donors (Lipinski definition) is 0. The fraction of sp³-hybridized carbons (Fsp3) is 0.381. The Morgan fingerprint density at radius 3 is 2.67 bits per heavy atom. The Balaban J connectivity index is 2.00. The van der Waals surface area contributed by atoms with Gasteiger partial charge in [-0.2, -0.15) is 4.98 Å². The van der Waals surface area contributed by atoms with E-state index in [0.717, 1.165) is 5.69 Å². The number of ether oxygens (including phenoxy) is 2. The fourth-order valence-electron chi connectivity index (χ4n) is 4.01. The number of aromatic nitrogens is 4. The van der Waals surface area contributed by atoms with Crippen molar-refractivity contribution in [2.75, 3.05) is 25.7 Å². The first-order chi connectivity index (χ1) is 14.4. The van der Waals surface area contributed by atoms with E-state index >= 15 is 0 Å². The molecule has 2 aromatic heterocycles. The Bertz CT molecular complexity index is 1250. The van der Waals surface area contributed by atoms with E-state index in [1.807, 2.05) is 27.7 Å². The first-order valence-corrected chi connectivity index (χ1v) is 9.71. The van der Waals surface area contributed by atoms with Gasteiger partial charge in [-0.25, -0.2) is 4.79 Å². The third-order valence-electron chi connectivity index (χ3n) is 5.43. The lowest BCUT2D eigenvalue weighted by molar-refractivity contribution is 0.392. The van der Waals surface area contributed by atoms with Crippen LogP contribution in [0.15, 0.2) is 40.4 Å². The van der Waals surface area contributed by atoms with E-state index in [9.17, 15) is 9.59 Å². The number of rotatable bonds is 5. The van der Waals surface area contributed by atoms with Gasteiger partial charge >= 0.3 is 5.69 Å². The maximum Gasteiger partial charge on any atom is 0.332 e. The summed E-state index contributed by atoms with van der Waals surface area (Å²) in [5.74, 6) is 2.17. The molecule has 0 bridgehead atoms. The third kappa shape index (κ3) is 2.89. The van der Waals surface area contributed by atoms with Gasteiger partial charge in [-0.15, -0.1) is 6.58 Å². The van der Waals surface area contributed by atoms with Gasteiger partial charge in [-0.05, 0) is 18.1 Å². The quantitative estimate of drug-likeness (QED) is 0.596. The van der Waals surface area contributed by atoms with E-state index in [1.165, 1.54) is 9.13 Å². The standard InChI is InChI=1S/C21H25N5O4/c1-6-9-24-19(27)17-18(23(3)21(24)28)22-20-25(11-13(2)12-26(17)20)15-8-7-14(29-4)10-16(15)30-5/h6-8,10,13H,1,9,11-12H2,2-5H3/t13-/m1/s1. The summed E-state index contributed by atoms with van der Waals surface area (Å²) in [4.78, 5) is 32.6. The van der Waals surface area contributed by atoms with E-state index in [4.69, 9.17) is 14.5 Å². The summed E-state index contributed by atoms with van der Waals surface area (Å²) >= 11 is 0. The molecule has 9 nitrogen and oxygen atoms in total. The molecule has 1 aliphatic heterocycles. The number of allylic oxidation sites excluding steroid dienone is 1. The summed E-state index contributed by atoms with van der Waals surface area (Å²) in [6.45, 7) is 7.24. The topological polar surface area (TPSA) is 83.5 Å². The number of aryl methyl sites for hydroxylation is 1. The molecule has 1 atom stereocenters. The summed E-state index contributed by atoms with van der Waals surface area (Å²) in [5, 5.41) is 0. The second kappa shape index (κ2) is 7.40. The second-order valence-electron chi connectivity index (χ2n) is 7.49. The first-order valence-electron chi connectivity index (χ1n) is 9.71. The van der Waals surface area contributed by atoms with Gasteiger partial charge in [-0.1, -0.05) is 13.0 Å². The van der Waals surface area contributed by atoms with Crippen molar-refractivity contribution in [3.05, 3.63) is 51.7 Å². The van der Waals surface area contributed by atoms with Crippen LogP contribution in [0.5, 0.6) is 11.5 Å². The van der Waals surface area contributed by atoms with Crippen molar-refractivity contribution in [3.8, 4) is 11.5 Å². The highest BCUT2D eigenvalue weighted by Gasteiger charge is 2.31. The molecule has 0 radical (unpaired) electrons. The average Bonchev–Trinajstić information content (AvgIpc) is 3.13. The lowest BCUT2D eigenvalue weighted by Crippen LogP contribution is -2.40. The first kappa shape index (κ1) is 19.8. The van der Waals surface area contributed by atoms with E-state index in [0.29, 0.717) is 41.7 Å². The lowest BCUT2D eigenvalue weighted by Gasteiger charge is -2.33. The molecule has 3 aromatic rings. The Kier molecular flexibility index (Phi) is 4.89. The van der Waals surface area contributed by atoms with Crippen LogP contribution in [0.3, 0.4) is 0 Å². The molecule has 4 rings (SSSR count). The molecular weight excluding hydrogens is 386 g/mol. The van der Waals surface area contributed by atoms with E-state index in [-0.39, 0.29) is 18.0 Å². The summed E-state index contributed by atoms with van der Waals surface area (Å²) in [6.07, 6.45) is 1.54. The van der Waals surface area contributed by atoms with Crippen molar-refractivity contribution in [2.45, 2.75) is 20.0 Å². The number of benzene rings is 1. The van der Waals surface area contributed by atoms with Crippen LogP contribution in [-0.4, -0.2) is 39.4 Å². The molecule has 0 N–H and O–H groups in total. The highest BCUT2D eigenvalue weighted by atomic mass is 16.5. The molecule has 0 amide bonds. The van der Waals surface area contributed by atoms with E-state index < -0.39 is 5.69 Å². The molecular formula is C21H25N5O4. The zero-order chi connectivity index (χ0) is 21.6. The normalized spacial score (nSPS) is 15.9. The van der Waals surface area contributed by atoms with Gasteiger partial charge in [0.05, 0.1) is 19.9 Å². The van der Waals surface area contributed by atoms with Gasteiger partial charge in [-0.3, -0.25) is 13.9 Å². The zero-order valence-electron chi connectivity index (χ0n) is 17.6. The molecule has 0 unspecified atom stereocenters. The molecule has 0 spiro atoms. The molecule has 3 heterocycles. The molecule has 0 saturated heterocycles. The van der Waals surface area contributed by atoms with Gasteiger partial charge in [0.25, 0.3) is 5.56 Å². The molecule has 0 fully saturated rings. The maximum absolute atomic E-state index is 13.2. The fourth-order valence-corrected chi connectivity index (χ4v) is 4.01. The predicted octanol–water partition coefficient (Wildman–Crippen LogP) is 1.89. The van der Waals surface area contributed by atoms with Crippen molar-refractivity contribution in [3.63, 3.8) is 0 Å². The molecule has 9 heteroatoms. The smallest absolute Gasteiger partial charge is 0.332 e. The number of methoxy groups -OCH3 is 2. The Labute approximate surface area is 173 Å². The van der Waals surface area contributed by atoms with Crippen LogP contribution < -0.4 is 25.6 Å². The van der Waals surface area contributed by atoms with Crippen LogP contribution in [0.1, 0.15) is 6.92 Å². The second-order valence-corrected chi connectivity index (χ2v) is 7.49. The number of imidazole rings is 1. The maximum atomic E-state index is 13.2. The minimum atomic E-state index is -0.413. The monoisotopic (exact) mass is 411 g/mol. The van der Waals surface area contributed by atoms with Crippen molar-refractivity contribution >= 4 is 22.8 Å². The molecule has 1 aliphatic rings. The van der Waals surface area contributed by atoms with Gasteiger partial charge in [0.2, 0.25) is 5.95 Å². The van der Waals surface area contributed by atoms with Crippen molar-refractivity contribution in [1.29, 1.82) is 0 Å². The van der Waals surface area contributed by atoms with Crippen LogP contribution >= 0.6 is 0 Å². The highest BCUT2D eigenvalue weighted by molar-refractivity contribution is 5.78. The van der Waals surface area contributed by atoms with Crippen LogP contribution in [0.4, 0.5) is 11.6 Å². The van der Waals surface area contributed by atoms with E-state index in [1.54, 1.807) is 27.3 Å². The Morgan fingerprint density at radius 1 is 1.23 bits per heavy atom. The summed E-state index contributed by atoms with van der Waals surface area (Å²) in [7, 11) is 4.84.